The molecule has 1 amide bonds. The highest BCUT2D eigenvalue weighted by Gasteiger charge is 2.21. The molecule has 3 aromatic rings. The van der Waals surface area contributed by atoms with Crippen LogP contribution in [0.2, 0.25) is 0 Å². The third-order valence-corrected chi connectivity index (χ3v) is 4.50. The number of ketones is 1. The number of carboxylic acids is 1. The number of carbonyl (C=O) groups is 3. The van der Waals surface area contributed by atoms with Gasteiger partial charge in [-0.15, -0.1) is 0 Å². The standard InChI is InChI=1S/C20H21N7O5.C2H6/c1-10(28)2-7-14(19(31)32)25-17(29)11-3-5-12(6-4-11)22-8-13-9-23-16-15(24-13)18(30)27-20(21)26-16;1-2/h3-6,9,14,22H,2,7-8H2,1H3,(H,25,29)(H,31,32)(H3,21,23,26,27,30);1-2H3/t14-;/m0./s1. The zero-order valence-corrected chi connectivity index (χ0v) is 19.1. The number of benzene rings is 1. The van der Waals surface area contributed by atoms with Gasteiger partial charge in [0.15, 0.2) is 11.2 Å². The molecule has 0 saturated heterocycles. The number of nitrogens with one attached hydrogen (secondary N) is 3. The van der Waals surface area contributed by atoms with Crippen LogP contribution < -0.4 is 21.9 Å². The second kappa shape index (κ2) is 12.0. The molecule has 0 bridgehead atoms. The lowest BCUT2D eigenvalue weighted by Crippen LogP contribution is -2.41. The highest BCUT2D eigenvalue weighted by Crippen LogP contribution is 2.12. The van der Waals surface area contributed by atoms with Crippen LogP contribution in [0.4, 0.5) is 11.6 Å². The monoisotopic (exact) mass is 469 g/mol. The molecule has 2 heterocycles. The fourth-order valence-electron chi connectivity index (χ4n) is 2.83. The van der Waals surface area contributed by atoms with Crippen molar-refractivity contribution in [1.29, 1.82) is 0 Å². The summed E-state index contributed by atoms with van der Waals surface area (Å²) in [6.07, 6.45) is 1.55. The predicted molar refractivity (Wildman–Crippen MR) is 126 cm³/mol. The van der Waals surface area contributed by atoms with E-state index in [-0.39, 0.29) is 47.8 Å². The summed E-state index contributed by atoms with van der Waals surface area (Å²) in [7, 11) is 0. The first-order valence-corrected chi connectivity index (χ1v) is 10.6. The maximum Gasteiger partial charge on any atom is 0.326 e. The van der Waals surface area contributed by atoms with E-state index in [0.717, 1.165) is 0 Å². The molecule has 0 radical (unpaired) electrons. The average molecular weight is 470 g/mol. The van der Waals surface area contributed by atoms with Gasteiger partial charge in [-0.1, -0.05) is 13.8 Å². The van der Waals surface area contributed by atoms with Crippen molar-refractivity contribution >= 4 is 40.5 Å². The molecule has 3 rings (SSSR count). The third kappa shape index (κ3) is 7.08. The van der Waals surface area contributed by atoms with E-state index < -0.39 is 23.5 Å². The van der Waals surface area contributed by atoms with Gasteiger partial charge in [-0.25, -0.2) is 14.8 Å². The van der Waals surface area contributed by atoms with Crippen molar-refractivity contribution in [1.82, 2.24) is 25.3 Å². The van der Waals surface area contributed by atoms with Gasteiger partial charge in [-0.3, -0.25) is 14.6 Å². The number of rotatable bonds is 9. The van der Waals surface area contributed by atoms with E-state index in [1.165, 1.54) is 25.3 Å². The lowest BCUT2D eigenvalue weighted by Gasteiger charge is -2.14. The minimum Gasteiger partial charge on any atom is -0.480 e. The van der Waals surface area contributed by atoms with Crippen molar-refractivity contribution in [2.45, 2.75) is 46.2 Å². The molecule has 12 nitrogen and oxygen atoms in total. The van der Waals surface area contributed by atoms with Gasteiger partial charge in [0.05, 0.1) is 18.4 Å². The first kappa shape index (κ1) is 25.9. The summed E-state index contributed by atoms with van der Waals surface area (Å²) in [6.45, 7) is 5.62. The zero-order chi connectivity index (χ0) is 25.3. The Morgan fingerprint density at radius 2 is 1.82 bits per heavy atom. The molecule has 0 aliphatic carbocycles. The van der Waals surface area contributed by atoms with Crippen LogP contribution in [-0.4, -0.2) is 48.7 Å². The van der Waals surface area contributed by atoms with Gasteiger partial charge >= 0.3 is 5.97 Å². The Labute approximate surface area is 195 Å². The first-order valence-electron chi connectivity index (χ1n) is 10.6. The SMILES string of the molecule is CC.CC(=O)CC[C@H](NC(=O)c1ccc(NCc2cnc3nc(N)[nH]c(=O)c3n2)cc1)C(=O)O. The summed E-state index contributed by atoms with van der Waals surface area (Å²) < 4.78 is 0. The lowest BCUT2D eigenvalue weighted by molar-refractivity contribution is -0.139. The van der Waals surface area contributed by atoms with E-state index >= 15 is 0 Å². The number of carbonyl (C=O) groups excluding carboxylic acids is 2. The number of nitrogens with zero attached hydrogens (tertiary/aromatic N) is 3. The Bertz CT molecular complexity index is 1220. The summed E-state index contributed by atoms with van der Waals surface area (Å²) in [6, 6.07) is 5.20. The van der Waals surface area contributed by atoms with E-state index in [9.17, 15) is 24.3 Å². The van der Waals surface area contributed by atoms with Crippen LogP contribution >= 0.6 is 0 Å². The van der Waals surface area contributed by atoms with Crippen molar-refractivity contribution in [3.8, 4) is 0 Å². The molecule has 1 atom stereocenters. The smallest absolute Gasteiger partial charge is 0.326 e. The number of aromatic amines is 1. The molecule has 12 heteroatoms. The Hall–Kier alpha value is -4.35. The number of Topliss-reactive ketones (excluding diaryl/α,β-unsaturated/α-hetero) is 1. The molecule has 0 unspecified atom stereocenters. The molecular weight excluding hydrogens is 442 g/mol. The number of amides is 1. The molecule has 2 aromatic heterocycles. The number of hydrogen-bond acceptors (Lipinski definition) is 9. The number of nitrogens with two attached hydrogens (primary N) is 1. The maximum absolute atomic E-state index is 12.3. The topological polar surface area (TPSA) is 193 Å². The number of aromatic nitrogens is 4. The van der Waals surface area contributed by atoms with E-state index in [4.69, 9.17) is 5.73 Å². The molecule has 0 saturated carbocycles. The minimum atomic E-state index is -1.20. The van der Waals surface area contributed by atoms with Crippen LogP contribution in [0.3, 0.4) is 0 Å². The minimum absolute atomic E-state index is 0.0216. The summed E-state index contributed by atoms with van der Waals surface area (Å²) in [5.41, 5.74) is 6.64. The molecule has 1 aromatic carbocycles. The van der Waals surface area contributed by atoms with E-state index in [2.05, 4.69) is 30.6 Å². The highest BCUT2D eigenvalue weighted by molar-refractivity contribution is 5.97. The van der Waals surface area contributed by atoms with Gasteiger partial charge in [0.25, 0.3) is 11.5 Å². The van der Waals surface area contributed by atoms with Crippen LogP contribution in [0, 0.1) is 0 Å². The number of fused-ring (bicyclic) bond motifs is 1. The number of carboxylic acid groups (broad SMARTS) is 1. The van der Waals surface area contributed by atoms with Gasteiger partial charge < -0.3 is 26.3 Å². The van der Waals surface area contributed by atoms with Crippen LogP contribution in [0.5, 0.6) is 0 Å². The van der Waals surface area contributed by atoms with Gasteiger partial charge in [0.1, 0.15) is 11.8 Å². The van der Waals surface area contributed by atoms with Gasteiger partial charge in [-0.2, -0.15) is 4.98 Å². The van der Waals surface area contributed by atoms with Crippen molar-refractivity contribution in [3.63, 3.8) is 0 Å². The molecule has 6 N–H and O–H groups in total. The molecule has 34 heavy (non-hydrogen) atoms. The van der Waals surface area contributed by atoms with Gasteiger partial charge in [0.2, 0.25) is 5.95 Å². The quantitative estimate of drug-likeness (QED) is 0.306. The van der Waals surface area contributed by atoms with E-state index in [1.807, 2.05) is 13.8 Å². The Balaban J connectivity index is 0.00000199. The van der Waals surface area contributed by atoms with Crippen LogP contribution in [0.25, 0.3) is 11.2 Å². The number of aliphatic carboxylic acids is 1. The van der Waals surface area contributed by atoms with Crippen LogP contribution in [-0.2, 0) is 16.1 Å². The molecule has 0 spiro atoms. The summed E-state index contributed by atoms with van der Waals surface area (Å²) in [5, 5.41) is 14.7. The second-order valence-electron chi connectivity index (χ2n) is 7.02. The zero-order valence-electron chi connectivity index (χ0n) is 19.1. The molecule has 0 aliphatic heterocycles. The highest BCUT2D eigenvalue weighted by atomic mass is 16.4. The molecule has 0 fully saturated rings. The fourth-order valence-corrected chi connectivity index (χ4v) is 2.83. The summed E-state index contributed by atoms with van der Waals surface area (Å²) in [5.74, 6) is -1.95. The first-order chi connectivity index (χ1) is 16.2. The lowest BCUT2D eigenvalue weighted by atomic mass is 10.1. The van der Waals surface area contributed by atoms with E-state index in [0.29, 0.717) is 11.4 Å². The number of hydrogen-bond donors (Lipinski definition) is 5. The van der Waals surface area contributed by atoms with E-state index in [1.54, 1.807) is 12.1 Å². The summed E-state index contributed by atoms with van der Waals surface area (Å²) in [4.78, 5) is 61.2. The Morgan fingerprint density at radius 1 is 1.15 bits per heavy atom. The predicted octanol–water partition coefficient (Wildman–Crippen LogP) is 1.49. The Morgan fingerprint density at radius 3 is 2.44 bits per heavy atom. The normalized spacial score (nSPS) is 11.1. The molecular formula is C22H27N7O5. The largest absolute Gasteiger partial charge is 0.480 e. The average Bonchev–Trinajstić information content (AvgIpc) is 2.81. The second-order valence-corrected chi connectivity index (χ2v) is 7.02. The van der Waals surface area contributed by atoms with Crippen molar-refractivity contribution < 1.29 is 19.5 Å². The van der Waals surface area contributed by atoms with Crippen molar-refractivity contribution in [3.05, 3.63) is 52.1 Å². The van der Waals surface area contributed by atoms with Crippen molar-refractivity contribution in [2.24, 2.45) is 0 Å². The maximum atomic E-state index is 12.3. The van der Waals surface area contributed by atoms with Crippen molar-refractivity contribution in [2.75, 3.05) is 11.1 Å². The van der Waals surface area contributed by atoms with Crippen LogP contribution in [0.15, 0.2) is 35.3 Å². The molecule has 180 valence electrons. The van der Waals surface area contributed by atoms with Gasteiger partial charge in [0, 0.05) is 17.7 Å². The number of anilines is 2. The fraction of sp³-hybridized carbons (Fsp3) is 0.318. The third-order valence-electron chi connectivity index (χ3n) is 4.50. The molecule has 0 aliphatic rings. The van der Waals surface area contributed by atoms with Crippen LogP contribution in [0.1, 0.15) is 49.7 Å². The number of H-pyrrole nitrogens is 1. The Kier molecular flexibility index (Phi) is 9.18. The van der Waals surface area contributed by atoms with Gasteiger partial charge in [-0.05, 0) is 37.6 Å². The number of nitrogen functional groups attached to an aromatic ring is 1. The summed E-state index contributed by atoms with van der Waals surface area (Å²) >= 11 is 0.